The van der Waals surface area contributed by atoms with Crippen molar-refractivity contribution in [3.63, 3.8) is 0 Å². The third kappa shape index (κ3) is 2.85. The van der Waals surface area contributed by atoms with Gasteiger partial charge < -0.3 is 10.6 Å². The Balaban J connectivity index is 2.13. The molecule has 1 saturated heterocycles. The molecule has 0 aromatic heterocycles. The third-order valence-electron chi connectivity index (χ3n) is 3.70. The topological polar surface area (TPSA) is 41.1 Å². The van der Waals surface area contributed by atoms with Gasteiger partial charge in [0.15, 0.2) is 0 Å². The van der Waals surface area contributed by atoms with Crippen molar-refractivity contribution in [1.82, 2.24) is 5.32 Å². The summed E-state index contributed by atoms with van der Waals surface area (Å²) >= 11 is 5.96. The number of anilines is 1. The van der Waals surface area contributed by atoms with Crippen molar-refractivity contribution in [2.75, 3.05) is 18.4 Å². The van der Waals surface area contributed by atoms with Gasteiger partial charge in [0.05, 0.1) is 0 Å². The zero-order valence-corrected chi connectivity index (χ0v) is 11.6. The molecule has 0 spiro atoms. The molecule has 2 N–H and O–H groups in total. The minimum absolute atomic E-state index is 0.0920. The Kier molecular flexibility index (Phi) is 3.93. The average Bonchev–Trinajstić information content (AvgIpc) is 2.35. The number of halogens is 1. The predicted molar refractivity (Wildman–Crippen MR) is 75.0 cm³/mol. The van der Waals surface area contributed by atoms with E-state index in [-0.39, 0.29) is 11.3 Å². The first-order chi connectivity index (χ1) is 8.51. The molecule has 1 aromatic rings. The Labute approximate surface area is 113 Å². The summed E-state index contributed by atoms with van der Waals surface area (Å²) in [6.07, 6.45) is 1.75. The molecule has 1 fully saturated rings. The fourth-order valence-electron chi connectivity index (χ4n) is 2.21. The van der Waals surface area contributed by atoms with Crippen molar-refractivity contribution in [2.45, 2.75) is 26.7 Å². The molecule has 1 aromatic carbocycles. The number of aryl methyl sites for hydroxylation is 1. The first-order valence-corrected chi connectivity index (χ1v) is 6.67. The maximum Gasteiger partial charge on any atom is 0.230 e. The van der Waals surface area contributed by atoms with E-state index >= 15 is 0 Å². The molecule has 4 heteroatoms. The minimum Gasteiger partial charge on any atom is -0.325 e. The van der Waals surface area contributed by atoms with Gasteiger partial charge in [0, 0.05) is 16.1 Å². The van der Waals surface area contributed by atoms with Crippen LogP contribution in [0.25, 0.3) is 0 Å². The minimum atomic E-state index is -0.278. The molecule has 1 aliphatic heterocycles. The summed E-state index contributed by atoms with van der Waals surface area (Å²) in [5.74, 6) is 0.0920. The Morgan fingerprint density at radius 1 is 1.39 bits per heavy atom. The van der Waals surface area contributed by atoms with Gasteiger partial charge in [0.2, 0.25) is 5.91 Å². The van der Waals surface area contributed by atoms with Gasteiger partial charge in [-0.15, -0.1) is 0 Å². The molecule has 3 nitrogen and oxygen atoms in total. The number of piperidine rings is 1. The molecule has 1 heterocycles. The van der Waals surface area contributed by atoms with Crippen LogP contribution in [0.2, 0.25) is 5.02 Å². The standard InChI is InChI=1S/C14H19ClN2O/c1-10-3-4-11(15)9-12(10)17-13(18)14(2)5-7-16-8-6-14/h3-4,9,16H,5-8H2,1-2H3,(H,17,18). The van der Waals surface area contributed by atoms with Gasteiger partial charge in [-0.25, -0.2) is 0 Å². The summed E-state index contributed by atoms with van der Waals surface area (Å²) in [6, 6.07) is 5.56. The van der Waals surface area contributed by atoms with Gasteiger partial charge in [0.25, 0.3) is 0 Å². The van der Waals surface area contributed by atoms with Crippen LogP contribution in [0.5, 0.6) is 0 Å². The Bertz CT molecular complexity index is 453. The summed E-state index contributed by atoms with van der Waals surface area (Å²) in [5, 5.41) is 6.93. The Morgan fingerprint density at radius 2 is 2.06 bits per heavy atom. The highest BCUT2D eigenvalue weighted by Gasteiger charge is 2.34. The smallest absolute Gasteiger partial charge is 0.230 e. The van der Waals surface area contributed by atoms with Gasteiger partial charge in [-0.3, -0.25) is 4.79 Å². The van der Waals surface area contributed by atoms with Crippen LogP contribution in [-0.2, 0) is 4.79 Å². The van der Waals surface area contributed by atoms with Gasteiger partial charge in [-0.05, 0) is 50.6 Å². The second kappa shape index (κ2) is 5.29. The number of carbonyl (C=O) groups is 1. The number of rotatable bonds is 2. The zero-order valence-electron chi connectivity index (χ0n) is 10.8. The molecular weight excluding hydrogens is 248 g/mol. The normalized spacial score (nSPS) is 18.4. The van der Waals surface area contributed by atoms with Crippen LogP contribution in [0, 0.1) is 12.3 Å². The molecule has 1 aliphatic rings. The molecule has 0 aliphatic carbocycles. The fourth-order valence-corrected chi connectivity index (χ4v) is 2.38. The quantitative estimate of drug-likeness (QED) is 0.864. The molecule has 1 amide bonds. The van der Waals surface area contributed by atoms with Crippen molar-refractivity contribution in [3.05, 3.63) is 28.8 Å². The number of hydrogen-bond acceptors (Lipinski definition) is 2. The fraction of sp³-hybridized carbons (Fsp3) is 0.500. The highest BCUT2D eigenvalue weighted by atomic mass is 35.5. The molecular formula is C14H19ClN2O. The third-order valence-corrected chi connectivity index (χ3v) is 3.94. The average molecular weight is 267 g/mol. The van der Waals surface area contributed by atoms with E-state index < -0.39 is 0 Å². The van der Waals surface area contributed by atoms with Crippen LogP contribution >= 0.6 is 11.6 Å². The molecule has 0 unspecified atom stereocenters. The van der Waals surface area contributed by atoms with Crippen LogP contribution in [0.1, 0.15) is 25.3 Å². The van der Waals surface area contributed by atoms with Gasteiger partial charge in [-0.2, -0.15) is 0 Å². The van der Waals surface area contributed by atoms with Crippen LogP contribution < -0.4 is 10.6 Å². The van der Waals surface area contributed by atoms with Crippen LogP contribution in [-0.4, -0.2) is 19.0 Å². The maximum atomic E-state index is 12.4. The Hall–Kier alpha value is -1.06. The summed E-state index contributed by atoms with van der Waals surface area (Å²) in [5.41, 5.74) is 1.57. The van der Waals surface area contributed by atoms with E-state index in [0.717, 1.165) is 37.2 Å². The SMILES string of the molecule is Cc1ccc(Cl)cc1NC(=O)C1(C)CCNCC1. The van der Waals surface area contributed by atoms with Crippen LogP contribution in [0.15, 0.2) is 18.2 Å². The monoisotopic (exact) mass is 266 g/mol. The molecule has 0 saturated carbocycles. The van der Waals surface area contributed by atoms with E-state index in [1.807, 2.05) is 26.0 Å². The molecule has 0 radical (unpaired) electrons. The summed E-state index contributed by atoms with van der Waals surface area (Å²) in [4.78, 5) is 12.4. The van der Waals surface area contributed by atoms with Crippen molar-refractivity contribution >= 4 is 23.2 Å². The Morgan fingerprint density at radius 3 is 2.72 bits per heavy atom. The largest absolute Gasteiger partial charge is 0.325 e. The second-order valence-electron chi connectivity index (χ2n) is 5.22. The molecule has 98 valence electrons. The maximum absolute atomic E-state index is 12.4. The van der Waals surface area contributed by atoms with Crippen molar-refractivity contribution < 1.29 is 4.79 Å². The summed E-state index contributed by atoms with van der Waals surface area (Å²) in [6.45, 7) is 5.80. The lowest BCUT2D eigenvalue weighted by atomic mass is 9.80. The number of benzene rings is 1. The number of carbonyl (C=O) groups excluding carboxylic acids is 1. The molecule has 18 heavy (non-hydrogen) atoms. The van der Waals surface area contributed by atoms with Gasteiger partial charge >= 0.3 is 0 Å². The predicted octanol–water partition coefficient (Wildman–Crippen LogP) is 2.98. The number of amides is 1. The van der Waals surface area contributed by atoms with Crippen molar-refractivity contribution in [2.24, 2.45) is 5.41 Å². The van der Waals surface area contributed by atoms with Crippen LogP contribution in [0.4, 0.5) is 5.69 Å². The van der Waals surface area contributed by atoms with Gasteiger partial charge in [-0.1, -0.05) is 24.6 Å². The molecule has 2 rings (SSSR count). The molecule has 0 atom stereocenters. The van der Waals surface area contributed by atoms with E-state index in [1.165, 1.54) is 0 Å². The highest BCUT2D eigenvalue weighted by Crippen LogP contribution is 2.30. The van der Waals surface area contributed by atoms with E-state index in [0.29, 0.717) is 5.02 Å². The number of nitrogens with one attached hydrogen (secondary N) is 2. The highest BCUT2D eigenvalue weighted by molar-refractivity contribution is 6.31. The second-order valence-corrected chi connectivity index (χ2v) is 5.66. The van der Waals surface area contributed by atoms with E-state index in [2.05, 4.69) is 10.6 Å². The van der Waals surface area contributed by atoms with E-state index in [4.69, 9.17) is 11.6 Å². The molecule has 0 bridgehead atoms. The first kappa shape index (κ1) is 13.4. The zero-order chi connectivity index (χ0) is 13.2. The number of hydrogen-bond donors (Lipinski definition) is 2. The van der Waals surface area contributed by atoms with E-state index in [1.54, 1.807) is 6.07 Å². The van der Waals surface area contributed by atoms with Crippen LogP contribution in [0.3, 0.4) is 0 Å². The first-order valence-electron chi connectivity index (χ1n) is 6.30. The lowest BCUT2D eigenvalue weighted by Gasteiger charge is -2.32. The summed E-state index contributed by atoms with van der Waals surface area (Å²) < 4.78 is 0. The van der Waals surface area contributed by atoms with Gasteiger partial charge in [0.1, 0.15) is 0 Å². The lowest BCUT2D eigenvalue weighted by Crippen LogP contribution is -2.42. The van der Waals surface area contributed by atoms with E-state index in [9.17, 15) is 4.79 Å². The van der Waals surface area contributed by atoms with Crippen molar-refractivity contribution in [1.29, 1.82) is 0 Å². The van der Waals surface area contributed by atoms with Crippen molar-refractivity contribution in [3.8, 4) is 0 Å². The summed E-state index contributed by atoms with van der Waals surface area (Å²) in [7, 11) is 0. The lowest BCUT2D eigenvalue weighted by molar-refractivity contribution is -0.126.